The minimum absolute atomic E-state index is 0.192. The third kappa shape index (κ3) is 4.42. The second-order valence-electron chi connectivity index (χ2n) is 9.41. The lowest BCUT2D eigenvalue weighted by atomic mass is 9.78. The average Bonchev–Trinajstić information content (AvgIpc) is 2.97. The Kier molecular flexibility index (Phi) is 5.42. The minimum atomic E-state index is -3.14. The van der Waals surface area contributed by atoms with Crippen molar-refractivity contribution in [2.75, 3.05) is 36.8 Å². The van der Waals surface area contributed by atoms with Crippen molar-refractivity contribution in [3.05, 3.63) is 29.8 Å². The molecule has 4 nitrogen and oxygen atoms in total. The Hall–Kier alpha value is -1.07. The van der Waals surface area contributed by atoms with Crippen molar-refractivity contribution < 1.29 is 8.42 Å². The third-order valence-corrected chi connectivity index (χ3v) is 8.32. The standard InChI is InChI=1S/C21H34N2O2S/c1-5-18-6-8-19(9-7-18)22-13-10-21(16-22)11-14-23(15-12-21)26(24,25)17-20(2,3)4/h6-9H,5,10-17H2,1-4H3. The van der Waals surface area contributed by atoms with E-state index in [1.165, 1.54) is 17.7 Å². The molecule has 1 aromatic carbocycles. The van der Waals surface area contributed by atoms with Crippen LogP contribution in [0.25, 0.3) is 0 Å². The van der Waals surface area contributed by atoms with Crippen molar-refractivity contribution in [3.8, 4) is 0 Å². The number of nitrogens with zero attached hydrogens (tertiary/aromatic N) is 2. The van der Waals surface area contributed by atoms with Crippen LogP contribution in [-0.4, -0.2) is 44.7 Å². The Morgan fingerprint density at radius 3 is 2.12 bits per heavy atom. The van der Waals surface area contributed by atoms with Crippen LogP contribution in [0.3, 0.4) is 0 Å². The maximum Gasteiger partial charge on any atom is 0.214 e. The fraction of sp³-hybridized carbons (Fsp3) is 0.714. The summed E-state index contributed by atoms with van der Waals surface area (Å²) < 4.78 is 27.1. The van der Waals surface area contributed by atoms with Gasteiger partial charge in [0, 0.05) is 31.9 Å². The van der Waals surface area contributed by atoms with E-state index in [2.05, 4.69) is 36.1 Å². The van der Waals surface area contributed by atoms with Gasteiger partial charge in [0.25, 0.3) is 0 Å². The van der Waals surface area contributed by atoms with Gasteiger partial charge in [-0.1, -0.05) is 39.8 Å². The van der Waals surface area contributed by atoms with Crippen LogP contribution in [0.5, 0.6) is 0 Å². The molecule has 1 aromatic rings. The molecular weight excluding hydrogens is 344 g/mol. The van der Waals surface area contributed by atoms with E-state index in [1.54, 1.807) is 4.31 Å². The minimum Gasteiger partial charge on any atom is -0.371 e. The molecule has 146 valence electrons. The zero-order valence-corrected chi connectivity index (χ0v) is 17.6. The number of anilines is 1. The summed E-state index contributed by atoms with van der Waals surface area (Å²) in [6, 6.07) is 8.92. The van der Waals surface area contributed by atoms with Crippen molar-refractivity contribution in [1.29, 1.82) is 0 Å². The summed E-state index contributed by atoms with van der Waals surface area (Å²) in [6.07, 6.45) is 4.22. The van der Waals surface area contributed by atoms with E-state index in [9.17, 15) is 8.42 Å². The zero-order chi connectivity index (χ0) is 19.0. The molecule has 0 aliphatic carbocycles. The predicted octanol–water partition coefficient (Wildman–Crippen LogP) is 3.92. The zero-order valence-electron chi connectivity index (χ0n) is 16.8. The summed E-state index contributed by atoms with van der Waals surface area (Å²) in [5.74, 6) is 0.239. The Morgan fingerprint density at radius 2 is 1.58 bits per heavy atom. The molecule has 0 unspecified atom stereocenters. The van der Waals surface area contributed by atoms with Crippen molar-refractivity contribution in [2.45, 2.75) is 53.4 Å². The van der Waals surface area contributed by atoms with E-state index in [0.717, 1.165) is 32.4 Å². The van der Waals surface area contributed by atoms with Crippen molar-refractivity contribution >= 4 is 15.7 Å². The molecule has 0 bridgehead atoms. The number of hydrogen-bond acceptors (Lipinski definition) is 3. The third-order valence-electron chi connectivity index (χ3n) is 5.94. The van der Waals surface area contributed by atoms with Gasteiger partial charge in [-0.05, 0) is 54.2 Å². The van der Waals surface area contributed by atoms with Crippen LogP contribution in [0, 0.1) is 10.8 Å². The molecule has 5 heteroatoms. The molecule has 0 N–H and O–H groups in total. The molecule has 2 saturated heterocycles. The van der Waals surface area contributed by atoms with Gasteiger partial charge in [0.05, 0.1) is 5.75 Å². The molecule has 1 spiro atoms. The van der Waals surface area contributed by atoms with Crippen LogP contribution in [-0.2, 0) is 16.4 Å². The largest absolute Gasteiger partial charge is 0.371 e. The Bertz CT molecular complexity index is 711. The molecule has 2 fully saturated rings. The van der Waals surface area contributed by atoms with E-state index >= 15 is 0 Å². The summed E-state index contributed by atoms with van der Waals surface area (Å²) in [7, 11) is -3.14. The van der Waals surface area contributed by atoms with Gasteiger partial charge < -0.3 is 4.90 Å². The lowest BCUT2D eigenvalue weighted by Gasteiger charge is -2.39. The number of hydrogen-bond donors (Lipinski definition) is 0. The van der Waals surface area contributed by atoms with E-state index in [-0.39, 0.29) is 16.6 Å². The molecule has 0 saturated carbocycles. The lowest BCUT2D eigenvalue weighted by Crippen LogP contribution is -2.46. The van der Waals surface area contributed by atoms with Crippen LogP contribution >= 0.6 is 0 Å². The maximum absolute atomic E-state index is 12.7. The highest BCUT2D eigenvalue weighted by Crippen LogP contribution is 2.42. The van der Waals surface area contributed by atoms with E-state index < -0.39 is 10.0 Å². The normalized spacial score (nSPS) is 21.5. The molecule has 0 radical (unpaired) electrons. The van der Waals surface area contributed by atoms with Crippen LogP contribution in [0.4, 0.5) is 5.69 Å². The molecule has 2 aliphatic rings. The van der Waals surface area contributed by atoms with Gasteiger partial charge in [0.2, 0.25) is 10.0 Å². The molecule has 0 aromatic heterocycles. The second-order valence-corrected chi connectivity index (χ2v) is 11.4. The van der Waals surface area contributed by atoms with Crippen LogP contribution in [0.15, 0.2) is 24.3 Å². The quantitative estimate of drug-likeness (QED) is 0.797. The fourth-order valence-corrected chi connectivity index (χ4v) is 6.40. The highest BCUT2D eigenvalue weighted by atomic mass is 32.2. The van der Waals surface area contributed by atoms with E-state index in [0.29, 0.717) is 13.1 Å². The summed E-state index contributed by atoms with van der Waals surface area (Å²) in [4.78, 5) is 2.48. The van der Waals surface area contributed by atoms with Gasteiger partial charge in [-0.2, -0.15) is 0 Å². The monoisotopic (exact) mass is 378 g/mol. The van der Waals surface area contributed by atoms with E-state index in [1.807, 2.05) is 20.8 Å². The molecule has 3 rings (SSSR count). The molecule has 0 atom stereocenters. The smallest absolute Gasteiger partial charge is 0.214 e. The van der Waals surface area contributed by atoms with Gasteiger partial charge in [0.15, 0.2) is 0 Å². The average molecular weight is 379 g/mol. The number of benzene rings is 1. The molecule has 26 heavy (non-hydrogen) atoms. The second kappa shape index (κ2) is 7.16. The summed E-state index contributed by atoms with van der Waals surface area (Å²) in [5, 5.41) is 0. The first kappa shape index (κ1) is 19.7. The highest BCUT2D eigenvalue weighted by Gasteiger charge is 2.43. The molecule has 2 aliphatic heterocycles. The van der Waals surface area contributed by atoms with Crippen LogP contribution in [0.1, 0.15) is 52.5 Å². The SMILES string of the molecule is CCc1ccc(N2CCC3(CCN(S(=O)(=O)CC(C)(C)C)CC3)C2)cc1. The van der Waals surface area contributed by atoms with Gasteiger partial charge in [-0.3, -0.25) is 0 Å². The number of piperidine rings is 1. The van der Waals surface area contributed by atoms with Gasteiger partial charge in [0.1, 0.15) is 0 Å². The Morgan fingerprint density at radius 1 is 1.00 bits per heavy atom. The maximum atomic E-state index is 12.7. The topological polar surface area (TPSA) is 40.6 Å². The Labute approximate surface area is 159 Å². The molecule has 2 heterocycles. The summed E-state index contributed by atoms with van der Waals surface area (Å²) in [5.41, 5.74) is 2.78. The van der Waals surface area contributed by atoms with Crippen molar-refractivity contribution in [2.24, 2.45) is 10.8 Å². The first-order valence-electron chi connectivity index (χ1n) is 9.94. The van der Waals surface area contributed by atoms with Crippen molar-refractivity contribution in [3.63, 3.8) is 0 Å². The predicted molar refractivity (Wildman–Crippen MR) is 109 cm³/mol. The van der Waals surface area contributed by atoms with Gasteiger partial charge in [-0.15, -0.1) is 0 Å². The number of sulfonamides is 1. The molecular formula is C21H34N2O2S. The summed E-state index contributed by atoms with van der Waals surface area (Å²) >= 11 is 0. The van der Waals surface area contributed by atoms with E-state index in [4.69, 9.17) is 0 Å². The highest BCUT2D eigenvalue weighted by molar-refractivity contribution is 7.89. The number of aryl methyl sites for hydroxylation is 1. The molecule has 0 amide bonds. The van der Waals surface area contributed by atoms with Crippen molar-refractivity contribution in [1.82, 2.24) is 4.31 Å². The first-order chi connectivity index (χ1) is 12.1. The lowest BCUT2D eigenvalue weighted by molar-refractivity contribution is 0.176. The fourth-order valence-electron chi connectivity index (χ4n) is 4.38. The summed E-state index contributed by atoms with van der Waals surface area (Å²) in [6.45, 7) is 11.7. The Balaban J connectivity index is 1.61. The van der Waals surface area contributed by atoms with Crippen LogP contribution < -0.4 is 4.90 Å². The first-order valence-corrected chi connectivity index (χ1v) is 11.6. The van der Waals surface area contributed by atoms with Crippen LogP contribution in [0.2, 0.25) is 0 Å². The van der Waals surface area contributed by atoms with Gasteiger partial charge in [-0.25, -0.2) is 12.7 Å². The number of rotatable bonds is 4. The van der Waals surface area contributed by atoms with Gasteiger partial charge >= 0.3 is 0 Å².